The molecule has 0 radical (unpaired) electrons. The van der Waals surface area contributed by atoms with Crippen LogP contribution in [0.15, 0.2) is 30.3 Å². The van der Waals surface area contributed by atoms with Gasteiger partial charge < -0.3 is 9.29 Å². The first-order valence-electron chi connectivity index (χ1n) is 5.10. The number of benzene rings is 1. The van der Waals surface area contributed by atoms with Gasteiger partial charge in [-0.25, -0.2) is 10.2 Å². The Morgan fingerprint density at radius 3 is 2.29 bits per heavy atom. The molecule has 0 heterocycles. The van der Waals surface area contributed by atoms with Crippen LogP contribution in [-0.2, 0) is 15.9 Å². The molecule has 0 saturated carbocycles. The Morgan fingerprint density at radius 1 is 1.29 bits per heavy atom. The molecule has 92 valence electrons. The molecule has 0 aliphatic heterocycles. The van der Waals surface area contributed by atoms with Gasteiger partial charge in [0.15, 0.2) is 0 Å². The van der Waals surface area contributed by atoms with Gasteiger partial charge in [0.25, 0.3) is 0 Å². The van der Waals surface area contributed by atoms with E-state index in [-0.39, 0.29) is 0 Å². The smallest absolute Gasteiger partial charge is 0.410 e. The Morgan fingerprint density at radius 2 is 1.82 bits per heavy atom. The van der Waals surface area contributed by atoms with E-state index in [2.05, 4.69) is 0 Å². The molecule has 1 atom stereocenters. The summed E-state index contributed by atoms with van der Waals surface area (Å²) in [4.78, 5) is 11.6. The predicted molar refractivity (Wildman–Crippen MR) is 67.5 cm³/mol. The summed E-state index contributed by atoms with van der Waals surface area (Å²) >= 11 is -1.64. The van der Waals surface area contributed by atoms with Crippen molar-refractivity contribution >= 4 is 22.4 Å². The molecular weight excluding hydrogens is 238 g/mol. The van der Waals surface area contributed by atoms with Crippen molar-refractivity contribution in [3.8, 4) is 0 Å². The largest absolute Gasteiger partial charge is 0.607 e. The van der Waals surface area contributed by atoms with Crippen LogP contribution in [0, 0.1) is 5.41 Å². The SMILES string of the molecule is CC(C)(C)[S+]([O-])C(=N)OC(=O)c1ccccc1. The van der Waals surface area contributed by atoms with Gasteiger partial charge in [0, 0.05) is 0 Å². The fourth-order valence-corrected chi connectivity index (χ4v) is 1.74. The summed E-state index contributed by atoms with van der Waals surface area (Å²) in [6, 6.07) is 8.32. The van der Waals surface area contributed by atoms with Crippen molar-refractivity contribution in [1.29, 1.82) is 5.41 Å². The maximum Gasteiger partial charge on any atom is 0.410 e. The Kier molecular flexibility index (Phi) is 4.31. The van der Waals surface area contributed by atoms with Crippen molar-refractivity contribution < 1.29 is 14.1 Å². The van der Waals surface area contributed by atoms with Crippen molar-refractivity contribution in [2.24, 2.45) is 0 Å². The third kappa shape index (κ3) is 3.87. The van der Waals surface area contributed by atoms with Crippen LogP contribution in [-0.4, -0.2) is 20.5 Å². The second-order valence-corrected chi connectivity index (χ2v) is 6.56. The average molecular weight is 253 g/mol. The van der Waals surface area contributed by atoms with E-state index >= 15 is 0 Å². The second kappa shape index (κ2) is 5.33. The van der Waals surface area contributed by atoms with Crippen molar-refractivity contribution in [2.45, 2.75) is 25.5 Å². The molecule has 17 heavy (non-hydrogen) atoms. The van der Waals surface area contributed by atoms with Crippen molar-refractivity contribution in [3.05, 3.63) is 35.9 Å². The summed E-state index contributed by atoms with van der Waals surface area (Å²) in [7, 11) is 0. The van der Waals surface area contributed by atoms with E-state index in [9.17, 15) is 9.35 Å². The molecule has 0 amide bonds. The molecule has 0 saturated heterocycles. The van der Waals surface area contributed by atoms with E-state index < -0.39 is 27.1 Å². The molecule has 5 heteroatoms. The van der Waals surface area contributed by atoms with Gasteiger partial charge in [0.2, 0.25) is 0 Å². The maximum absolute atomic E-state index is 11.7. The van der Waals surface area contributed by atoms with Crippen LogP contribution in [0.2, 0.25) is 0 Å². The Hall–Kier alpha value is -1.33. The first-order valence-corrected chi connectivity index (χ1v) is 6.25. The minimum absolute atomic E-state index is 0.336. The number of carbonyl (C=O) groups is 1. The van der Waals surface area contributed by atoms with Crippen LogP contribution in [0.4, 0.5) is 0 Å². The minimum Gasteiger partial charge on any atom is -0.607 e. The monoisotopic (exact) mass is 253 g/mol. The quantitative estimate of drug-likeness (QED) is 0.361. The molecular formula is C12H15NO3S. The van der Waals surface area contributed by atoms with Gasteiger partial charge in [-0.05, 0) is 32.9 Å². The average Bonchev–Trinajstić information content (AvgIpc) is 2.27. The normalized spacial score (nSPS) is 12.9. The molecule has 1 aromatic carbocycles. The van der Waals surface area contributed by atoms with E-state index in [1.54, 1.807) is 51.1 Å². The molecule has 0 aliphatic rings. The van der Waals surface area contributed by atoms with Crippen molar-refractivity contribution in [1.82, 2.24) is 0 Å². The molecule has 0 aromatic heterocycles. The third-order valence-corrected chi connectivity index (χ3v) is 3.45. The maximum atomic E-state index is 11.7. The van der Waals surface area contributed by atoms with Gasteiger partial charge in [-0.2, -0.15) is 0 Å². The first kappa shape index (κ1) is 13.7. The third-order valence-electron chi connectivity index (χ3n) is 1.92. The number of hydrogen-bond acceptors (Lipinski definition) is 4. The lowest BCUT2D eigenvalue weighted by Crippen LogP contribution is -2.36. The molecule has 0 fully saturated rings. The lowest BCUT2D eigenvalue weighted by atomic mass is 10.2. The molecule has 1 unspecified atom stereocenters. The molecule has 1 rings (SSSR count). The zero-order chi connectivity index (χ0) is 13.1. The molecule has 1 N–H and O–H groups in total. The van der Waals surface area contributed by atoms with Crippen molar-refractivity contribution in [3.63, 3.8) is 0 Å². The summed E-state index contributed by atoms with van der Waals surface area (Å²) in [6.07, 6.45) is 0. The van der Waals surface area contributed by atoms with Gasteiger partial charge in [-0.3, -0.25) is 0 Å². The summed E-state index contributed by atoms with van der Waals surface area (Å²) in [5.41, 5.74) is 0.336. The van der Waals surface area contributed by atoms with Crippen molar-refractivity contribution in [2.75, 3.05) is 0 Å². The number of ether oxygens (including phenoxy) is 1. The zero-order valence-electron chi connectivity index (χ0n) is 10.0. The van der Waals surface area contributed by atoms with Crippen LogP contribution < -0.4 is 0 Å². The molecule has 1 aromatic rings. The number of hydrogen-bond donors (Lipinski definition) is 1. The number of nitrogens with one attached hydrogen (secondary N) is 1. The van der Waals surface area contributed by atoms with Gasteiger partial charge in [0.05, 0.1) is 16.7 Å². The van der Waals surface area contributed by atoms with Crippen LogP contribution in [0.25, 0.3) is 0 Å². The highest BCUT2D eigenvalue weighted by atomic mass is 32.2. The van der Waals surface area contributed by atoms with Gasteiger partial charge in [-0.1, -0.05) is 18.2 Å². The zero-order valence-corrected chi connectivity index (χ0v) is 10.8. The molecule has 0 bridgehead atoms. The molecule has 0 aliphatic carbocycles. The van der Waals surface area contributed by atoms with E-state index in [1.165, 1.54) is 0 Å². The highest BCUT2D eigenvalue weighted by Gasteiger charge is 2.33. The Labute approximate surface area is 104 Å². The predicted octanol–water partition coefficient (Wildman–Crippen LogP) is 2.33. The lowest BCUT2D eigenvalue weighted by Gasteiger charge is -2.22. The van der Waals surface area contributed by atoms with E-state index in [0.29, 0.717) is 5.56 Å². The summed E-state index contributed by atoms with van der Waals surface area (Å²) in [5.74, 6) is -0.659. The Balaban J connectivity index is 2.68. The highest BCUT2D eigenvalue weighted by molar-refractivity contribution is 8.07. The summed E-state index contributed by atoms with van der Waals surface area (Å²) < 4.78 is 15.9. The minimum atomic E-state index is -1.64. The summed E-state index contributed by atoms with van der Waals surface area (Å²) in [5, 5.41) is 6.98. The molecule has 4 nitrogen and oxygen atoms in total. The number of carbonyl (C=O) groups excluding carboxylic acids is 1. The number of esters is 1. The van der Waals surface area contributed by atoms with Crippen LogP contribution in [0.1, 0.15) is 31.1 Å². The van der Waals surface area contributed by atoms with Gasteiger partial charge >= 0.3 is 11.2 Å². The fourth-order valence-electron chi connectivity index (χ4n) is 1.03. The fraction of sp³-hybridized carbons (Fsp3) is 0.333. The number of rotatable bonds is 1. The van der Waals surface area contributed by atoms with E-state index in [1.807, 2.05) is 0 Å². The topological polar surface area (TPSA) is 73.2 Å². The standard InChI is InChI=1S/C12H15NO3S/c1-12(2,3)17(15)11(13)16-10(14)9-7-5-4-6-8-9/h4-8,13H,1-3H3. The highest BCUT2D eigenvalue weighted by Crippen LogP contribution is 2.18. The Bertz CT molecular complexity index is 412. The van der Waals surface area contributed by atoms with Crippen LogP contribution in [0.3, 0.4) is 0 Å². The summed E-state index contributed by atoms with van der Waals surface area (Å²) in [6.45, 7) is 5.15. The van der Waals surface area contributed by atoms with Crippen LogP contribution in [0.5, 0.6) is 0 Å². The lowest BCUT2D eigenvalue weighted by molar-refractivity contribution is 0.0721. The van der Waals surface area contributed by atoms with Crippen LogP contribution >= 0.6 is 0 Å². The first-order chi connectivity index (χ1) is 7.82. The van der Waals surface area contributed by atoms with E-state index in [4.69, 9.17) is 10.1 Å². The van der Waals surface area contributed by atoms with E-state index in [0.717, 1.165) is 0 Å². The molecule has 0 spiro atoms. The second-order valence-electron chi connectivity index (χ2n) is 4.42. The van der Waals surface area contributed by atoms with Gasteiger partial charge in [0.1, 0.15) is 4.75 Å². The van der Waals surface area contributed by atoms with Gasteiger partial charge in [-0.15, -0.1) is 0 Å².